The molecule has 0 aromatic heterocycles. The predicted molar refractivity (Wildman–Crippen MR) is 94.4 cm³/mol. The zero-order valence-electron chi connectivity index (χ0n) is 13.7. The van der Waals surface area contributed by atoms with E-state index in [1.807, 2.05) is 0 Å². The Hall–Kier alpha value is -3.13. The molecule has 0 saturated carbocycles. The molecule has 0 aliphatic rings. The highest BCUT2D eigenvalue weighted by Crippen LogP contribution is 2.27. The third-order valence-electron chi connectivity index (χ3n) is 3.30. The van der Waals surface area contributed by atoms with Crippen molar-refractivity contribution in [2.45, 2.75) is 6.42 Å². The summed E-state index contributed by atoms with van der Waals surface area (Å²) >= 11 is 5.71. The molecular formula is C17H15ClN2O6. The van der Waals surface area contributed by atoms with E-state index in [0.717, 1.165) is 5.56 Å². The monoisotopic (exact) mass is 378 g/mol. The van der Waals surface area contributed by atoms with Gasteiger partial charge < -0.3 is 14.8 Å². The molecule has 0 spiro atoms. The standard InChI is InChI=1S/C17H15ClN2O6/c1-25-17(22)8-11-2-5-13(6-3-11)26-10-16(21)19-12-4-7-14(18)15(9-12)20(23)24/h2-7,9H,8,10H2,1H3,(H,19,21). The van der Waals surface area contributed by atoms with Gasteiger partial charge in [0, 0.05) is 11.8 Å². The number of halogens is 1. The first-order chi connectivity index (χ1) is 12.4. The van der Waals surface area contributed by atoms with Crippen molar-refractivity contribution in [1.29, 1.82) is 0 Å². The highest BCUT2D eigenvalue weighted by molar-refractivity contribution is 6.32. The summed E-state index contributed by atoms with van der Waals surface area (Å²) in [4.78, 5) is 33.3. The minimum Gasteiger partial charge on any atom is -0.484 e. The minimum atomic E-state index is -0.635. The number of rotatable bonds is 7. The zero-order valence-corrected chi connectivity index (χ0v) is 14.5. The van der Waals surface area contributed by atoms with Gasteiger partial charge in [-0.25, -0.2) is 0 Å². The maximum atomic E-state index is 11.9. The van der Waals surface area contributed by atoms with Gasteiger partial charge in [0.2, 0.25) is 0 Å². The molecule has 0 unspecified atom stereocenters. The molecule has 2 aromatic rings. The van der Waals surface area contributed by atoms with Crippen molar-refractivity contribution in [3.63, 3.8) is 0 Å². The molecule has 0 saturated heterocycles. The first-order valence-electron chi connectivity index (χ1n) is 7.41. The molecule has 0 aliphatic carbocycles. The van der Waals surface area contributed by atoms with Crippen molar-refractivity contribution in [1.82, 2.24) is 0 Å². The first kappa shape index (κ1) is 19.2. The van der Waals surface area contributed by atoms with E-state index in [0.29, 0.717) is 5.75 Å². The molecule has 0 bridgehead atoms. The van der Waals surface area contributed by atoms with Crippen LogP contribution in [0.2, 0.25) is 5.02 Å². The summed E-state index contributed by atoms with van der Waals surface area (Å²) in [6, 6.07) is 10.6. The number of nitrogens with one attached hydrogen (secondary N) is 1. The number of nitrogens with zero attached hydrogens (tertiary/aromatic N) is 1. The van der Waals surface area contributed by atoms with Gasteiger partial charge in [-0.2, -0.15) is 0 Å². The highest BCUT2D eigenvalue weighted by atomic mass is 35.5. The minimum absolute atomic E-state index is 0.0173. The van der Waals surface area contributed by atoms with Crippen LogP contribution in [0.4, 0.5) is 11.4 Å². The van der Waals surface area contributed by atoms with Gasteiger partial charge in [0.15, 0.2) is 6.61 Å². The van der Waals surface area contributed by atoms with E-state index in [1.54, 1.807) is 24.3 Å². The molecule has 8 nitrogen and oxygen atoms in total. The number of amides is 1. The Morgan fingerprint density at radius 2 is 1.88 bits per heavy atom. The quantitative estimate of drug-likeness (QED) is 0.451. The van der Waals surface area contributed by atoms with E-state index in [4.69, 9.17) is 16.3 Å². The average Bonchev–Trinajstić information content (AvgIpc) is 2.62. The van der Waals surface area contributed by atoms with Crippen LogP contribution in [-0.2, 0) is 20.7 Å². The number of methoxy groups -OCH3 is 1. The lowest BCUT2D eigenvalue weighted by molar-refractivity contribution is -0.384. The van der Waals surface area contributed by atoms with E-state index in [9.17, 15) is 19.7 Å². The van der Waals surface area contributed by atoms with Crippen LogP contribution in [0.25, 0.3) is 0 Å². The maximum absolute atomic E-state index is 11.9. The first-order valence-corrected chi connectivity index (χ1v) is 7.79. The van der Waals surface area contributed by atoms with Crippen LogP contribution in [0.3, 0.4) is 0 Å². The smallest absolute Gasteiger partial charge is 0.309 e. The molecule has 136 valence electrons. The lowest BCUT2D eigenvalue weighted by Crippen LogP contribution is -2.20. The molecule has 9 heteroatoms. The molecule has 0 atom stereocenters. The molecule has 1 amide bonds. The van der Waals surface area contributed by atoms with Gasteiger partial charge >= 0.3 is 5.97 Å². The van der Waals surface area contributed by atoms with Gasteiger partial charge in [-0.05, 0) is 29.8 Å². The summed E-state index contributed by atoms with van der Waals surface area (Å²) in [7, 11) is 1.31. The maximum Gasteiger partial charge on any atom is 0.309 e. The Labute approximate surface area is 153 Å². The Balaban J connectivity index is 1.90. The summed E-state index contributed by atoms with van der Waals surface area (Å²) in [6.45, 7) is -0.285. The highest BCUT2D eigenvalue weighted by Gasteiger charge is 2.14. The number of anilines is 1. The molecule has 0 aliphatic heterocycles. The molecule has 1 N–H and O–H groups in total. The van der Waals surface area contributed by atoms with Crippen LogP contribution in [0, 0.1) is 10.1 Å². The number of nitro benzene ring substituents is 1. The SMILES string of the molecule is COC(=O)Cc1ccc(OCC(=O)Nc2ccc(Cl)c([N+](=O)[O-])c2)cc1. The molecule has 2 aromatic carbocycles. The molecular weight excluding hydrogens is 364 g/mol. The summed E-state index contributed by atoms with van der Waals surface area (Å²) in [5, 5.41) is 13.3. The van der Waals surface area contributed by atoms with Gasteiger partial charge in [-0.3, -0.25) is 19.7 Å². The summed E-state index contributed by atoms with van der Waals surface area (Å²) in [5.41, 5.74) is 0.692. The van der Waals surface area contributed by atoms with Crippen LogP contribution in [-0.4, -0.2) is 30.5 Å². The fourth-order valence-electron chi connectivity index (χ4n) is 2.02. The van der Waals surface area contributed by atoms with Crippen LogP contribution in [0.15, 0.2) is 42.5 Å². The summed E-state index contributed by atoms with van der Waals surface area (Å²) in [5.74, 6) is -0.397. The van der Waals surface area contributed by atoms with Crippen molar-refractivity contribution < 1.29 is 24.0 Å². The van der Waals surface area contributed by atoms with E-state index in [-0.39, 0.29) is 35.4 Å². The van der Waals surface area contributed by atoms with Crippen molar-refractivity contribution in [2.24, 2.45) is 0 Å². The number of carbonyl (C=O) groups excluding carboxylic acids is 2. The topological polar surface area (TPSA) is 108 Å². The number of nitro groups is 1. The van der Waals surface area contributed by atoms with Crippen molar-refractivity contribution in [3.05, 3.63) is 63.2 Å². The lowest BCUT2D eigenvalue weighted by Gasteiger charge is -2.08. The van der Waals surface area contributed by atoms with E-state index in [2.05, 4.69) is 10.1 Å². The Bertz CT molecular complexity index is 823. The number of benzene rings is 2. The Kier molecular flexibility index (Phi) is 6.51. The molecule has 0 radical (unpaired) electrons. The average molecular weight is 379 g/mol. The van der Waals surface area contributed by atoms with Crippen LogP contribution in [0.5, 0.6) is 5.75 Å². The van der Waals surface area contributed by atoms with Gasteiger partial charge in [-0.15, -0.1) is 0 Å². The van der Waals surface area contributed by atoms with Gasteiger partial charge in [0.25, 0.3) is 11.6 Å². The fourth-order valence-corrected chi connectivity index (χ4v) is 2.21. The number of carbonyl (C=O) groups is 2. The second-order valence-corrected chi connectivity index (χ2v) is 5.56. The molecule has 26 heavy (non-hydrogen) atoms. The molecule has 2 rings (SSSR count). The van der Waals surface area contributed by atoms with Crippen molar-refractivity contribution >= 4 is 34.9 Å². The lowest BCUT2D eigenvalue weighted by atomic mass is 10.1. The normalized spacial score (nSPS) is 10.1. The van der Waals surface area contributed by atoms with E-state index >= 15 is 0 Å². The van der Waals surface area contributed by atoms with Crippen molar-refractivity contribution in [3.8, 4) is 5.75 Å². The van der Waals surface area contributed by atoms with E-state index < -0.39 is 10.8 Å². The second-order valence-electron chi connectivity index (χ2n) is 5.16. The van der Waals surface area contributed by atoms with Gasteiger partial charge in [0.05, 0.1) is 18.5 Å². The Morgan fingerprint density at radius 3 is 2.50 bits per heavy atom. The van der Waals surface area contributed by atoms with Crippen LogP contribution < -0.4 is 10.1 Å². The summed E-state index contributed by atoms with van der Waals surface area (Å²) < 4.78 is 9.92. The number of hydrogen-bond donors (Lipinski definition) is 1. The zero-order chi connectivity index (χ0) is 19.1. The van der Waals surface area contributed by atoms with Crippen molar-refractivity contribution in [2.75, 3.05) is 19.0 Å². The van der Waals surface area contributed by atoms with Gasteiger partial charge in [-0.1, -0.05) is 23.7 Å². The van der Waals surface area contributed by atoms with Crippen LogP contribution in [0.1, 0.15) is 5.56 Å². The number of ether oxygens (including phenoxy) is 2. The van der Waals surface area contributed by atoms with Gasteiger partial charge in [0.1, 0.15) is 10.8 Å². The Morgan fingerprint density at radius 1 is 1.19 bits per heavy atom. The third kappa shape index (κ3) is 5.45. The third-order valence-corrected chi connectivity index (χ3v) is 3.62. The number of hydrogen-bond acceptors (Lipinski definition) is 6. The number of esters is 1. The van der Waals surface area contributed by atoms with E-state index in [1.165, 1.54) is 25.3 Å². The fraction of sp³-hybridized carbons (Fsp3) is 0.176. The summed E-state index contributed by atoms with van der Waals surface area (Å²) in [6.07, 6.45) is 0.145. The van der Waals surface area contributed by atoms with Crippen LogP contribution >= 0.6 is 11.6 Å². The molecule has 0 fully saturated rings. The predicted octanol–water partition coefficient (Wildman–Crippen LogP) is 2.98. The largest absolute Gasteiger partial charge is 0.484 e. The second kappa shape index (κ2) is 8.82. The molecule has 0 heterocycles.